The topological polar surface area (TPSA) is 128 Å². The molecule has 41 heavy (non-hydrogen) atoms. The van der Waals surface area contributed by atoms with Crippen LogP contribution in [0.25, 0.3) is 0 Å². The van der Waals surface area contributed by atoms with E-state index in [1.54, 1.807) is 45.0 Å². The second-order valence-corrected chi connectivity index (χ2v) is 11.9. The molecule has 0 heterocycles. The van der Waals surface area contributed by atoms with E-state index in [1.807, 2.05) is 20.8 Å². The Hall–Kier alpha value is -3.75. The molecule has 0 bridgehead atoms. The monoisotopic (exact) mass is 569 g/mol. The molecule has 4 N–H and O–H groups in total. The van der Waals surface area contributed by atoms with E-state index in [1.165, 1.54) is 29.2 Å². The van der Waals surface area contributed by atoms with E-state index in [0.717, 1.165) is 19.3 Å². The molecule has 226 valence electrons. The maximum absolute atomic E-state index is 14.6. The first-order valence-electron chi connectivity index (χ1n) is 14.4. The lowest BCUT2D eigenvalue weighted by Gasteiger charge is -2.44. The van der Waals surface area contributed by atoms with Crippen molar-refractivity contribution in [3.63, 3.8) is 0 Å². The van der Waals surface area contributed by atoms with Gasteiger partial charge in [0.2, 0.25) is 11.8 Å². The van der Waals surface area contributed by atoms with Crippen molar-refractivity contribution in [2.75, 3.05) is 6.54 Å². The molecule has 2 aromatic carbocycles. The number of rotatable bonds is 13. The zero-order chi connectivity index (χ0) is 30.8. The lowest BCUT2D eigenvalue weighted by atomic mass is 9.91. The predicted molar refractivity (Wildman–Crippen MR) is 160 cm³/mol. The molecule has 9 nitrogen and oxygen atoms in total. The van der Waals surface area contributed by atoms with Crippen molar-refractivity contribution in [2.45, 2.75) is 104 Å². The number of phenolic OH excluding ortho intramolecular Hbond substituents is 2. The molecule has 0 aliphatic rings. The molecule has 0 aliphatic carbocycles. The number of amides is 3. The zero-order valence-electron chi connectivity index (χ0n) is 25.5. The molecule has 0 aromatic heterocycles. The Kier molecular flexibility index (Phi) is 12.0. The molecule has 0 fully saturated rings. The third kappa shape index (κ3) is 10.3. The van der Waals surface area contributed by atoms with Gasteiger partial charge in [-0.05, 0) is 82.9 Å². The summed E-state index contributed by atoms with van der Waals surface area (Å²) in [7, 11) is 0. The number of phenols is 2. The molecule has 2 aromatic rings. The average Bonchev–Trinajstić information content (AvgIpc) is 2.88. The van der Waals surface area contributed by atoms with Gasteiger partial charge in [0.1, 0.15) is 29.2 Å². The Morgan fingerprint density at radius 1 is 0.927 bits per heavy atom. The lowest BCUT2D eigenvalue weighted by Crippen LogP contribution is -2.59. The van der Waals surface area contributed by atoms with Crippen molar-refractivity contribution in [3.05, 3.63) is 59.7 Å². The van der Waals surface area contributed by atoms with Crippen LogP contribution in [0.15, 0.2) is 48.5 Å². The third-order valence-electron chi connectivity index (χ3n) is 6.89. The smallest absolute Gasteiger partial charge is 0.408 e. The van der Waals surface area contributed by atoms with Crippen LogP contribution in [0.2, 0.25) is 0 Å². The van der Waals surface area contributed by atoms with Crippen LogP contribution < -0.4 is 10.6 Å². The number of hydrogen-bond acceptors (Lipinski definition) is 6. The van der Waals surface area contributed by atoms with E-state index in [-0.39, 0.29) is 23.8 Å². The molecule has 2 unspecified atom stereocenters. The highest BCUT2D eigenvalue weighted by molar-refractivity contribution is 5.93. The van der Waals surface area contributed by atoms with Gasteiger partial charge < -0.3 is 30.5 Å². The molecular formula is C32H47N3O6. The highest BCUT2D eigenvalue weighted by Crippen LogP contribution is 2.33. The van der Waals surface area contributed by atoms with Crippen molar-refractivity contribution in [3.8, 4) is 11.5 Å². The standard InChI is InChI=1S/C32H47N3O6/c1-8-10-11-19-33-28(38)27(23-13-12-14-25(37)21-23)35(32(6,7)9-2)29(39)26(34-30(40)41-31(3,4)5)20-22-15-17-24(36)18-16-22/h12-18,21,26-27,36-37H,8-11,19-20H2,1-7H3,(H,33,38)(H,34,40). The molecule has 0 saturated carbocycles. The normalized spacial score (nSPS) is 13.1. The minimum atomic E-state index is -1.09. The summed E-state index contributed by atoms with van der Waals surface area (Å²) >= 11 is 0. The van der Waals surface area contributed by atoms with Gasteiger partial charge in [-0.25, -0.2) is 4.79 Å². The minimum Gasteiger partial charge on any atom is -0.508 e. The fraction of sp³-hybridized carbons (Fsp3) is 0.531. The number of aromatic hydroxyl groups is 2. The Morgan fingerprint density at radius 2 is 1.59 bits per heavy atom. The van der Waals surface area contributed by atoms with Crippen LogP contribution in [0.5, 0.6) is 11.5 Å². The minimum absolute atomic E-state index is 0.0273. The summed E-state index contributed by atoms with van der Waals surface area (Å²) in [5, 5.41) is 25.8. The van der Waals surface area contributed by atoms with Crippen LogP contribution in [-0.2, 0) is 20.7 Å². The fourth-order valence-electron chi connectivity index (χ4n) is 4.43. The van der Waals surface area contributed by atoms with Gasteiger partial charge in [0.05, 0.1) is 0 Å². The van der Waals surface area contributed by atoms with Gasteiger partial charge in [0, 0.05) is 18.5 Å². The van der Waals surface area contributed by atoms with Gasteiger partial charge >= 0.3 is 6.09 Å². The summed E-state index contributed by atoms with van der Waals surface area (Å²) in [5.74, 6) is -0.801. The number of alkyl carbamates (subject to hydrolysis) is 1. The summed E-state index contributed by atoms with van der Waals surface area (Å²) in [6.07, 6.45) is 2.59. The second-order valence-electron chi connectivity index (χ2n) is 11.9. The Balaban J connectivity index is 2.61. The van der Waals surface area contributed by atoms with Crippen molar-refractivity contribution in [1.29, 1.82) is 0 Å². The molecule has 0 radical (unpaired) electrons. The molecule has 2 rings (SSSR count). The van der Waals surface area contributed by atoms with Crippen LogP contribution in [0.3, 0.4) is 0 Å². The SMILES string of the molecule is CCCCCNC(=O)C(c1cccc(O)c1)N(C(=O)C(Cc1ccc(O)cc1)NC(=O)OC(C)(C)C)C(C)(C)CC. The van der Waals surface area contributed by atoms with E-state index in [4.69, 9.17) is 4.74 Å². The van der Waals surface area contributed by atoms with Crippen molar-refractivity contribution in [1.82, 2.24) is 15.5 Å². The number of benzene rings is 2. The summed E-state index contributed by atoms with van der Waals surface area (Å²) in [5.41, 5.74) is -0.462. The van der Waals surface area contributed by atoms with Crippen LogP contribution >= 0.6 is 0 Å². The Labute approximate surface area is 244 Å². The summed E-state index contributed by atoms with van der Waals surface area (Å²) in [6, 6.07) is 10.5. The molecule has 0 saturated heterocycles. The van der Waals surface area contributed by atoms with Crippen molar-refractivity contribution in [2.24, 2.45) is 0 Å². The van der Waals surface area contributed by atoms with Crippen LogP contribution in [0.4, 0.5) is 4.79 Å². The second kappa shape index (κ2) is 14.8. The maximum Gasteiger partial charge on any atom is 0.408 e. The van der Waals surface area contributed by atoms with Gasteiger partial charge in [-0.15, -0.1) is 0 Å². The highest BCUT2D eigenvalue weighted by atomic mass is 16.6. The number of nitrogens with zero attached hydrogens (tertiary/aromatic N) is 1. The van der Waals surface area contributed by atoms with Gasteiger partial charge in [-0.1, -0.05) is 51.0 Å². The first-order chi connectivity index (χ1) is 19.2. The summed E-state index contributed by atoms with van der Waals surface area (Å²) in [6.45, 7) is 13.4. The number of carbonyl (C=O) groups is 3. The van der Waals surface area contributed by atoms with Gasteiger partial charge in [0.25, 0.3) is 0 Å². The predicted octanol–water partition coefficient (Wildman–Crippen LogP) is 5.60. The third-order valence-corrected chi connectivity index (χ3v) is 6.89. The van der Waals surface area contributed by atoms with E-state index < -0.39 is 35.2 Å². The quantitative estimate of drug-likeness (QED) is 0.233. The van der Waals surface area contributed by atoms with Gasteiger partial charge in [0.15, 0.2) is 0 Å². The number of ether oxygens (including phenoxy) is 1. The summed E-state index contributed by atoms with van der Waals surface area (Å²) < 4.78 is 5.48. The maximum atomic E-state index is 14.6. The van der Waals surface area contributed by atoms with Crippen molar-refractivity contribution >= 4 is 17.9 Å². The number of carbonyl (C=O) groups excluding carboxylic acids is 3. The molecule has 0 aliphatic heterocycles. The zero-order valence-corrected chi connectivity index (χ0v) is 25.5. The van der Waals surface area contributed by atoms with Crippen LogP contribution in [0, 0.1) is 0 Å². The molecular weight excluding hydrogens is 522 g/mol. The Morgan fingerprint density at radius 3 is 2.15 bits per heavy atom. The molecule has 0 spiro atoms. The largest absolute Gasteiger partial charge is 0.508 e. The number of nitrogens with one attached hydrogen (secondary N) is 2. The molecule has 3 amide bonds. The van der Waals surface area contributed by atoms with Crippen LogP contribution in [0.1, 0.15) is 91.3 Å². The summed E-state index contributed by atoms with van der Waals surface area (Å²) in [4.78, 5) is 42.8. The Bertz CT molecular complexity index is 1160. The van der Waals surface area contributed by atoms with Crippen molar-refractivity contribution < 1.29 is 29.3 Å². The van der Waals surface area contributed by atoms with Gasteiger partial charge in [-0.2, -0.15) is 0 Å². The van der Waals surface area contributed by atoms with Crippen LogP contribution in [-0.4, -0.2) is 56.7 Å². The molecule has 9 heteroatoms. The number of unbranched alkanes of at least 4 members (excludes halogenated alkanes) is 2. The van der Waals surface area contributed by atoms with Gasteiger partial charge in [-0.3, -0.25) is 9.59 Å². The molecule has 2 atom stereocenters. The first kappa shape index (κ1) is 33.5. The fourth-order valence-corrected chi connectivity index (χ4v) is 4.43. The van der Waals surface area contributed by atoms with E-state index in [9.17, 15) is 24.6 Å². The average molecular weight is 570 g/mol. The highest BCUT2D eigenvalue weighted by Gasteiger charge is 2.43. The lowest BCUT2D eigenvalue weighted by molar-refractivity contribution is -0.149. The van der Waals surface area contributed by atoms with E-state index in [0.29, 0.717) is 24.1 Å². The van der Waals surface area contributed by atoms with E-state index in [2.05, 4.69) is 17.6 Å². The first-order valence-corrected chi connectivity index (χ1v) is 14.4. The number of hydrogen-bond donors (Lipinski definition) is 4. The van der Waals surface area contributed by atoms with E-state index >= 15 is 0 Å².